The lowest BCUT2D eigenvalue weighted by atomic mass is 10.0. The van der Waals surface area contributed by atoms with Crippen molar-refractivity contribution in [3.05, 3.63) is 41.8 Å². The van der Waals surface area contributed by atoms with Gasteiger partial charge in [-0.1, -0.05) is 11.3 Å². The highest BCUT2D eigenvalue weighted by Gasteiger charge is 2.23. The van der Waals surface area contributed by atoms with E-state index in [9.17, 15) is 19.4 Å². The van der Waals surface area contributed by atoms with Gasteiger partial charge in [0.1, 0.15) is 5.82 Å². The molecule has 1 saturated carbocycles. The molecule has 0 radical (unpaired) electrons. The van der Waals surface area contributed by atoms with Gasteiger partial charge >= 0.3 is 6.03 Å². The third-order valence-electron chi connectivity index (χ3n) is 5.37. The Balaban J connectivity index is 1.69. The first-order chi connectivity index (χ1) is 17.3. The van der Waals surface area contributed by atoms with Gasteiger partial charge in [0.25, 0.3) is 0 Å². The molecule has 1 aliphatic carbocycles. The van der Waals surface area contributed by atoms with E-state index >= 15 is 0 Å². The second-order valence-electron chi connectivity index (χ2n) is 8.90. The Kier molecular flexibility index (Phi) is 8.28. The molecule has 0 saturated heterocycles. The second-order valence-corrected chi connectivity index (χ2v) is 9.93. The molecule has 0 aliphatic heterocycles. The Morgan fingerprint density at radius 1 is 1.14 bits per heavy atom. The van der Waals surface area contributed by atoms with Crippen LogP contribution in [0.25, 0.3) is 21.8 Å². The number of anilines is 2. The van der Waals surface area contributed by atoms with Gasteiger partial charge in [-0.2, -0.15) is 0 Å². The van der Waals surface area contributed by atoms with E-state index in [2.05, 4.69) is 36.2 Å². The van der Waals surface area contributed by atoms with E-state index in [0.29, 0.717) is 22.5 Å². The van der Waals surface area contributed by atoms with E-state index < -0.39 is 11.9 Å². The van der Waals surface area contributed by atoms with E-state index in [-0.39, 0.29) is 43.8 Å². The number of aliphatic hydroxyl groups excluding tert-OH is 2. The molecule has 2 heterocycles. The highest BCUT2D eigenvalue weighted by Crippen LogP contribution is 2.32. The standard InChI is InChI=1S/C24H30FN7O3S/c1-13(2)28-24-27-10-21(36-24)20-8-19(31-22(32-20)29-17(11-33)12-34)18-6-3-15(25)7-14(18)9-26-23(35)30-16-4-5-16/h3,6-8,10,13,16-17,33-34H,4-5,9,11-12H2,1-2H3,(H,27,28)(H2,26,30,35)(H,29,31,32). The summed E-state index contributed by atoms with van der Waals surface area (Å²) in [5.74, 6) is -0.240. The van der Waals surface area contributed by atoms with Crippen LogP contribution in [0.4, 0.5) is 20.3 Å². The van der Waals surface area contributed by atoms with Gasteiger partial charge in [0.05, 0.1) is 35.5 Å². The van der Waals surface area contributed by atoms with Crippen molar-refractivity contribution >= 4 is 28.4 Å². The average molecular weight is 516 g/mol. The summed E-state index contributed by atoms with van der Waals surface area (Å²) < 4.78 is 14.2. The minimum absolute atomic E-state index is 0.104. The van der Waals surface area contributed by atoms with Gasteiger partial charge in [0, 0.05) is 30.4 Å². The van der Waals surface area contributed by atoms with Gasteiger partial charge in [-0.15, -0.1) is 0 Å². The Morgan fingerprint density at radius 3 is 2.58 bits per heavy atom. The molecule has 0 unspecified atom stereocenters. The SMILES string of the molecule is CC(C)Nc1ncc(-c2cc(-c3ccc(F)cc3CNC(=O)NC3CC3)nc(NC(CO)CO)n2)s1. The van der Waals surface area contributed by atoms with Crippen molar-refractivity contribution in [2.75, 3.05) is 23.8 Å². The number of nitrogens with zero attached hydrogens (tertiary/aromatic N) is 3. The average Bonchev–Trinajstić information content (AvgIpc) is 3.55. The van der Waals surface area contributed by atoms with Gasteiger partial charge in [0.15, 0.2) is 5.13 Å². The first-order valence-electron chi connectivity index (χ1n) is 11.8. The number of hydrogen-bond donors (Lipinski definition) is 6. The van der Waals surface area contributed by atoms with Gasteiger partial charge in [0.2, 0.25) is 5.95 Å². The first-order valence-corrected chi connectivity index (χ1v) is 12.6. The number of halogens is 1. The van der Waals surface area contributed by atoms with Crippen molar-refractivity contribution in [3.63, 3.8) is 0 Å². The molecule has 2 amide bonds. The maximum Gasteiger partial charge on any atom is 0.315 e. The lowest BCUT2D eigenvalue weighted by molar-refractivity contribution is 0.203. The van der Waals surface area contributed by atoms with Crippen molar-refractivity contribution in [1.82, 2.24) is 25.6 Å². The molecular formula is C24H30FN7O3S. The highest BCUT2D eigenvalue weighted by molar-refractivity contribution is 7.18. The fourth-order valence-corrected chi connectivity index (χ4v) is 4.33. The van der Waals surface area contributed by atoms with Crippen molar-refractivity contribution in [1.29, 1.82) is 0 Å². The fourth-order valence-electron chi connectivity index (χ4n) is 3.41. The van der Waals surface area contributed by atoms with Crippen LogP contribution in [0, 0.1) is 5.82 Å². The Labute approximate surface area is 212 Å². The molecule has 192 valence electrons. The Morgan fingerprint density at radius 2 is 1.89 bits per heavy atom. The van der Waals surface area contributed by atoms with Gasteiger partial charge in [-0.05, 0) is 56.5 Å². The molecule has 0 spiro atoms. The Bertz CT molecular complexity index is 1200. The van der Waals surface area contributed by atoms with E-state index in [1.807, 2.05) is 13.8 Å². The number of carbonyl (C=O) groups excluding carboxylic acids is 1. The van der Waals surface area contributed by atoms with Crippen LogP contribution in [-0.4, -0.2) is 62.5 Å². The summed E-state index contributed by atoms with van der Waals surface area (Å²) in [5, 5.41) is 31.6. The van der Waals surface area contributed by atoms with E-state index in [1.165, 1.54) is 23.5 Å². The summed E-state index contributed by atoms with van der Waals surface area (Å²) in [5.41, 5.74) is 2.22. The Hall–Kier alpha value is -3.35. The zero-order valence-corrected chi connectivity index (χ0v) is 20.9. The topological polar surface area (TPSA) is 144 Å². The van der Waals surface area contributed by atoms with Crippen molar-refractivity contribution in [3.8, 4) is 21.8 Å². The summed E-state index contributed by atoms with van der Waals surface area (Å²) in [6, 6.07) is 5.53. The number of hydrogen-bond acceptors (Lipinski definition) is 9. The maximum absolute atomic E-state index is 14.2. The van der Waals surface area contributed by atoms with Crippen LogP contribution >= 0.6 is 11.3 Å². The normalized spacial score (nSPS) is 13.2. The molecule has 4 rings (SSSR count). The second kappa shape index (κ2) is 11.6. The molecule has 12 heteroatoms. The summed E-state index contributed by atoms with van der Waals surface area (Å²) in [4.78, 5) is 26.5. The van der Waals surface area contributed by atoms with E-state index in [0.717, 1.165) is 22.9 Å². The van der Waals surface area contributed by atoms with Crippen molar-refractivity contribution < 1.29 is 19.4 Å². The lowest BCUT2D eigenvalue weighted by Gasteiger charge is -2.16. The summed E-state index contributed by atoms with van der Waals surface area (Å²) in [6.45, 7) is 3.51. The van der Waals surface area contributed by atoms with Crippen LogP contribution in [-0.2, 0) is 6.54 Å². The monoisotopic (exact) mass is 515 g/mol. The van der Waals surface area contributed by atoms with E-state index in [4.69, 9.17) is 0 Å². The zero-order valence-electron chi connectivity index (χ0n) is 20.1. The number of nitrogens with one attached hydrogen (secondary N) is 4. The van der Waals surface area contributed by atoms with Crippen LogP contribution in [0.3, 0.4) is 0 Å². The molecule has 36 heavy (non-hydrogen) atoms. The van der Waals surface area contributed by atoms with Crippen LogP contribution in [0.1, 0.15) is 32.3 Å². The molecular weight excluding hydrogens is 485 g/mol. The number of thiazole rings is 1. The van der Waals surface area contributed by atoms with Crippen LogP contribution in [0.5, 0.6) is 0 Å². The molecule has 1 aromatic carbocycles. The van der Waals surface area contributed by atoms with Crippen molar-refractivity contribution in [2.45, 2.75) is 51.4 Å². The number of rotatable bonds is 11. The molecule has 6 N–H and O–H groups in total. The zero-order chi connectivity index (χ0) is 25.7. The lowest BCUT2D eigenvalue weighted by Crippen LogP contribution is -2.36. The number of amides is 2. The molecule has 3 aromatic rings. The molecule has 10 nitrogen and oxygen atoms in total. The number of aromatic nitrogens is 3. The fraction of sp³-hybridized carbons (Fsp3) is 0.417. The first kappa shape index (κ1) is 25.7. The number of benzene rings is 1. The van der Waals surface area contributed by atoms with Gasteiger partial charge < -0.3 is 31.5 Å². The van der Waals surface area contributed by atoms with Gasteiger partial charge in [-0.3, -0.25) is 0 Å². The van der Waals surface area contributed by atoms with Crippen LogP contribution in [0.2, 0.25) is 0 Å². The summed E-state index contributed by atoms with van der Waals surface area (Å²) in [7, 11) is 0. The molecule has 0 bridgehead atoms. The number of carbonyl (C=O) groups is 1. The summed E-state index contributed by atoms with van der Waals surface area (Å²) in [6.07, 6.45) is 3.63. The third kappa shape index (κ3) is 6.86. The number of urea groups is 1. The smallest absolute Gasteiger partial charge is 0.315 e. The highest BCUT2D eigenvalue weighted by atomic mass is 32.1. The van der Waals surface area contributed by atoms with Gasteiger partial charge in [-0.25, -0.2) is 24.1 Å². The minimum atomic E-state index is -0.659. The van der Waals surface area contributed by atoms with Crippen LogP contribution in [0.15, 0.2) is 30.5 Å². The van der Waals surface area contributed by atoms with Crippen LogP contribution < -0.4 is 21.3 Å². The minimum Gasteiger partial charge on any atom is -0.394 e. The van der Waals surface area contributed by atoms with Crippen molar-refractivity contribution in [2.24, 2.45) is 0 Å². The largest absolute Gasteiger partial charge is 0.394 e. The molecule has 2 aromatic heterocycles. The predicted molar refractivity (Wildman–Crippen MR) is 137 cm³/mol. The van der Waals surface area contributed by atoms with E-state index in [1.54, 1.807) is 18.3 Å². The molecule has 1 fully saturated rings. The quantitative estimate of drug-likeness (QED) is 0.229. The summed E-state index contributed by atoms with van der Waals surface area (Å²) >= 11 is 1.43. The third-order valence-corrected chi connectivity index (χ3v) is 6.32. The maximum atomic E-state index is 14.2. The predicted octanol–water partition coefficient (Wildman–Crippen LogP) is 2.95. The number of aliphatic hydroxyl groups is 2. The molecule has 0 atom stereocenters. The molecule has 1 aliphatic rings.